The highest BCUT2D eigenvalue weighted by Gasteiger charge is 2.26. The molecule has 0 radical (unpaired) electrons. The highest BCUT2D eigenvalue weighted by Crippen LogP contribution is 2.26. The predicted molar refractivity (Wildman–Crippen MR) is 69.7 cm³/mol. The smallest absolute Gasteiger partial charge is 0.0771 e. The van der Waals surface area contributed by atoms with Crippen molar-refractivity contribution in [2.24, 2.45) is 0 Å². The average molecular weight is 227 g/mol. The summed E-state index contributed by atoms with van der Waals surface area (Å²) in [6.07, 6.45) is 12.2. The van der Waals surface area contributed by atoms with E-state index in [1.807, 2.05) is 0 Å². The van der Waals surface area contributed by atoms with Gasteiger partial charge in [-0.3, -0.25) is 0 Å². The van der Waals surface area contributed by atoms with Gasteiger partial charge in [-0.2, -0.15) is 0 Å². The Morgan fingerprint density at radius 1 is 1.00 bits per heavy atom. The Morgan fingerprint density at radius 3 is 2.31 bits per heavy atom. The van der Waals surface area contributed by atoms with Gasteiger partial charge in [-0.05, 0) is 25.8 Å². The molecule has 0 aromatic rings. The number of unbranched alkanes of at least 4 members (excludes halogenated alkanes) is 3. The molecule has 2 nitrogen and oxygen atoms in total. The molecule has 16 heavy (non-hydrogen) atoms. The van der Waals surface area contributed by atoms with Gasteiger partial charge in [0.25, 0.3) is 0 Å². The molecule has 0 spiro atoms. The lowest BCUT2D eigenvalue weighted by atomic mass is 9.94. The molecule has 1 aliphatic carbocycles. The maximum atomic E-state index is 10.4. The molecule has 2 N–H and O–H groups in total. The standard InChI is InChI=1S/C14H29NO/c1-2-3-4-9-12-15-13-14(16)10-7-5-6-8-11-14/h15-16H,2-13H2,1H3. The van der Waals surface area contributed by atoms with Crippen LogP contribution in [0, 0.1) is 0 Å². The SMILES string of the molecule is CCCCCCNCC1(O)CCCCCC1. The summed E-state index contributed by atoms with van der Waals surface area (Å²) in [6.45, 7) is 4.11. The summed E-state index contributed by atoms with van der Waals surface area (Å²) >= 11 is 0. The Bertz CT molecular complexity index is 162. The van der Waals surface area contributed by atoms with E-state index in [1.54, 1.807) is 0 Å². The minimum absolute atomic E-state index is 0.402. The lowest BCUT2D eigenvalue weighted by molar-refractivity contribution is 0.0254. The van der Waals surface area contributed by atoms with Gasteiger partial charge >= 0.3 is 0 Å². The molecule has 96 valence electrons. The van der Waals surface area contributed by atoms with Gasteiger partial charge in [0.05, 0.1) is 5.60 Å². The van der Waals surface area contributed by atoms with Gasteiger partial charge in [0.1, 0.15) is 0 Å². The van der Waals surface area contributed by atoms with Crippen LogP contribution in [-0.2, 0) is 0 Å². The summed E-state index contributed by atoms with van der Waals surface area (Å²) in [6, 6.07) is 0. The summed E-state index contributed by atoms with van der Waals surface area (Å²) in [5, 5.41) is 13.8. The van der Waals surface area contributed by atoms with Crippen molar-refractivity contribution in [2.75, 3.05) is 13.1 Å². The van der Waals surface area contributed by atoms with Crippen LogP contribution in [0.2, 0.25) is 0 Å². The van der Waals surface area contributed by atoms with Gasteiger partial charge in [0.15, 0.2) is 0 Å². The fraction of sp³-hybridized carbons (Fsp3) is 1.00. The lowest BCUT2D eigenvalue weighted by Crippen LogP contribution is -2.40. The molecule has 0 atom stereocenters. The molecule has 0 saturated heterocycles. The maximum Gasteiger partial charge on any atom is 0.0771 e. The lowest BCUT2D eigenvalue weighted by Gasteiger charge is -2.27. The van der Waals surface area contributed by atoms with Gasteiger partial charge in [0, 0.05) is 6.54 Å². The van der Waals surface area contributed by atoms with E-state index >= 15 is 0 Å². The van der Waals surface area contributed by atoms with Crippen molar-refractivity contribution in [2.45, 2.75) is 76.7 Å². The van der Waals surface area contributed by atoms with Crippen LogP contribution < -0.4 is 5.32 Å². The van der Waals surface area contributed by atoms with Crippen molar-refractivity contribution in [3.63, 3.8) is 0 Å². The summed E-state index contributed by atoms with van der Waals surface area (Å²) in [5.41, 5.74) is -0.402. The minimum Gasteiger partial charge on any atom is -0.389 e. The Morgan fingerprint density at radius 2 is 1.69 bits per heavy atom. The molecule has 0 aromatic heterocycles. The fourth-order valence-corrected chi connectivity index (χ4v) is 2.56. The number of aliphatic hydroxyl groups is 1. The first-order valence-corrected chi connectivity index (χ1v) is 7.20. The van der Waals surface area contributed by atoms with Gasteiger partial charge < -0.3 is 10.4 Å². The molecule has 1 saturated carbocycles. The molecular formula is C14H29NO. The normalized spacial score (nSPS) is 20.6. The third-order valence-electron chi connectivity index (χ3n) is 3.70. The Balaban J connectivity index is 2.05. The van der Waals surface area contributed by atoms with Crippen LogP contribution in [0.25, 0.3) is 0 Å². The Hall–Kier alpha value is -0.0800. The number of rotatable bonds is 7. The monoisotopic (exact) mass is 227 g/mol. The van der Waals surface area contributed by atoms with Gasteiger partial charge in [-0.1, -0.05) is 51.9 Å². The van der Waals surface area contributed by atoms with Crippen LogP contribution in [0.15, 0.2) is 0 Å². The number of hydrogen-bond donors (Lipinski definition) is 2. The largest absolute Gasteiger partial charge is 0.389 e. The molecule has 1 rings (SSSR count). The first kappa shape index (κ1) is 14.0. The van der Waals surface area contributed by atoms with Crippen LogP contribution in [0.5, 0.6) is 0 Å². The second-order valence-electron chi connectivity index (χ2n) is 5.38. The highest BCUT2D eigenvalue weighted by molar-refractivity contribution is 4.83. The second kappa shape index (κ2) is 8.08. The first-order valence-electron chi connectivity index (χ1n) is 7.20. The zero-order valence-electron chi connectivity index (χ0n) is 10.9. The van der Waals surface area contributed by atoms with E-state index in [4.69, 9.17) is 0 Å². The molecule has 0 heterocycles. The Kier molecular flexibility index (Phi) is 7.06. The predicted octanol–water partition coefficient (Wildman–Crippen LogP) is 3.24. The number of nitrogens with one attached hydrogen (secondary N) is 1. The summed E-state index contributed by atoms with van der Waals surface area (Å²) in [4.78, 5) is 0. The molecule has 2 heteroatoms. The summed E-state index contributed by atoms with van der Waals surface area (Å²) in [7, 11) is 0. The van der Waals surface area contributed by atoms with Crippen molar-refractivity contribution in [3.05, 3.63) is 0 Å². The van der Waals surface area contributed by atoms with Crippen LogP contribution in [0.3, 0.4) is 0 Å². The zero-order valence-corrected chi connectivity index (χ0v) is 10.9. The minimum atomic E-state index is -0.402. The topological polar surface area (TPSA) is 32.3 Å². The second-order valence-corrected chi connectivity index (χ2v) is 5.38. The fourth-order valence-electron chi connectivity index (χ4n) is 2.56. The van der Waals surface area contributed by atoms with Crippen LogP contribution in [0.1, 0.15) is 71.1 Å². The molecule has 0 aliphatic heterocycles. The molecule has 1 aliphatic rings. The van der Waals surface area contributed by atoms with Crippen molar-refractivity contribution in [3.8, 4) is 0 Å². The van der Waals surface area contributed by atoms with E-state index in [2.05, 4.69) is 12.2 Å². The van der Waals surface area contributed by atoms with Crippen LogP contribution in [-0.4, -0.2) is 23.8 Å². The first-order chi connectivity index (χ1) is 7.77. The zero-order chi connectivity index (χ0) is 11.7. The van der Waals surface area contributed by atoms with Gasteiger partial charge in [-0.15, -0.1) is 0 Å². The van der Waals surface area contributed by atoms with E-state index in [0.717, 1.165) is 25.9 Å². The van der Waals surface area contributed by atoms with Crippen molar-refractivity contribution in [1.82, 2.24) is 5.32 Å². The van der Waals surface area contributed by atoms with Crippen LogP contribution in [0.4, 0.5) is 0 Å². The van der Waals surface area contributed by atoms with E-state index in [9.17, 15) is 5.11 Å². The van der Waals surface area contributed by atoms with Crippen LogP contribution >= 0.6 is 0 Å². The third kappa shape index (κ3) is 5.86. The molecule has 0 aromatic carbocycles. The molecule has 0 amide bonds. The number of hydrogen-bond acceptors (Lipinski definition) is 2. The molecule has 0 bridgehead atoms. The Labute approximate surface area is 101 Å². The average Bonchev–Trinajstić information content (AvgIpc) is 2.49. The highest BCUT2D eigenvalue weighted by atomic mass is 16.3. The molecule has 0 unspecified atom stereocenters. The van der Waals surface area contributed by atoms with Gasteiger partial charge in [0.2, 0.25) is 0 Å². The van der Waals surface area contributed by atoms with Gasteiger partial charge in [-0.25, -0.2) is 0 Å². The van der Waals surface area contributed by atoms with E-state index in [-0.39, 0.29) is 0 Å². The maximum absolute atomic E-state index is 10.4. The van der Waals surface area contributed by atoms with E-state index < -0.39 is 5.60 Å². The van der Waals surface area contributed by atoms with Crippen molar-refractivity contribution in [1.29, 1.82) is 0 Å². The molecule has 1 fully saturated rings. The van der Waals surface area contributed by atoms with Crippen molar-refractivity contribution < 1.29 is 5.11 Å². The van der Waals surface area contributed by atoms with E-state index in [0.29, 0.717) is 0 Å². The summed E-state index contributed by atoms with van der Waals surface area (Å²) < 4.78 is 0. The van der Waals surface area contributed by atoms with Crippen molar-refractivity contribution >= 4 is 0 Å². The summed E-state index contributed by atoms with van der Waals surface area (Å²) in [5.74, 6) is 0. The van der Waals surface area contributed by atoms with E-state index in [1.165, 1.54) is 51.4 Å². The third-order valence-corrected chi connectivity index (χ3v) is 3.70. The molecular weight excluding hydrogens is 198 g/mol. The quantitative estimate of drug-likeness (QED) is 0.517.